The van der Waals surface area contributed by atoms with E-state index in [1.165, 1.54) is 30.4 Å². The molecular formula is C42H43F2N3O7S. The summed E-state index contributed by atoms with van der Waals surface area (Å²) in [5.41, 5.74) is 1.04. The highest BCUT2D eigenvalue weighted by Crippen LogP contribution is 2.42. The second kappa shape index (κ2) is 15.7. The Hall–Kier alpha value is -5.56. The largest absolute Gasteiger partial charge is 0.463 e. The molecule has 55 heavy (non-hydrogen) atoms. The minimum Gasteiger partial charge on any atom is -0.463 e. The number of sulfone groups is 1. The molecule has 3 aromatic carbocycles. The third-order valence-corrected chi connectivity index (χ3v) is 11.5. The molecule has 1 atom stereocenters. The van der Waals surface area contributed by atoms with Gasteiger partial charge in [0.2, 0.25) is 0 Å². The quantitative estimate of drug-likeness (QED) is 0.129. The van der Waals surface area contributed by atoms with E-state index in [0.29, 0.717) is 35.9 Å². The number of hydrogen-bond donors (Lipinski definition) is 2. The first kappa shape index (κ1) is 39.1. The molecule has 4 bridgehead atoms. The molecule has 0 saturated carbocycles. The Morgan fingerprint density at radius 3 is 2.53 bits per heavy atom. The number of allylic oxidation sites excluding steroid dienone is 1. The van der Waals surface area contributed by atoms with Gasteiger partial charge in [-0.3, -0.25) is 0 Å². The summed E-state index contributed by atoms with van der Waals surface area (Å²) in [5, 5.41) is 0.370. The zero-order valence-corrected chi connectivity index (χ0v) is 32.1. The fraction of sp³-hybridized carbons (Fsp3) is 0.310. The van der Waals surface area contributed by atoms with Crippen molar-refractivity contribution in [3.05, 3.63) is 118 Å². The highest BCUT2D eigenvalue weighted by molar-refractivity contribution is 7.95. The third-order valence-electron chi connectivity index (χ3n) is 9.84. The summed E-state index contributed by atoms with van der Waals surface area (Å²) in [5.74, 6) is -3.91. The molecule has 0 spiro atoms. The molecule has 2 aromatic heterocycles. The number of rotatable bonds is 6. The van der Waals surface area contributed by atoms with Crippen LogP contribution in [0.2, 0.25) is 0 Å². The predicted octanol–water partition coefficient (Wildman–Crippen LogP) is 9.08. The summed E-state index contributed by atoms with van der Waals surface area (Å²) in [4.78, 5) is 35.8. The zero-order chi connectivity index (χ0) is 39.5. The number of halogens is 2. The second-order valence-electron chi connectivity index (χ2n) is 14.4. The molecule has 0 amide bonds. The van der Waals surface area contributed by atoms with Crippen LogP contribution in [0.4, 0.5) is 8.78 Å². The molecule has 2 N–H and O–H groups in total. The van der Waals surface area contributed by atoms with Crippen LogP contribution in [-0.2, 0) is 40.1 Å². The lowest BCUT2D eigenvalue weighted by Gasteiger charge is -2.31. The van der Waals surface area contributed by atoms with E-state index in [2.05, 4.69) is 15.0 Å². The van der Waals surface area contributed by atoms with Crippen molar-refractivity contribution in [2.45, 2.75) is 65.0 Å². The van der Waals surface area contributed by atoms with Gasteiger partial charge in [0.1, 0.15) is 22.3 Å². The molecule has 13 heteroatoms. The number of nitrogens with one attached hydrogen (secondary N) is 2. The van der Waals surface area contributed by atoms with Crippen LogP contribution in [0.15, 0.2) is 84.0 Å². The number of aromatic amines is 2. The van der Waals surface area contributed by atoms with Crippen LogP contribution in [-0.4, -0.2) is 48.5 Å². The van der Waals surface area contributed by atoms with Gasteiger partial charge in [-0.05, 0) is 80.5 Å². The number of ether oxygens (including phenoxy) is 3. The Kier molecular flexibility index (Phi) is 11.1. The summed E-state index contributed by atoms with van der Waals surface area (Å²) in [7, 11) is -4.48. The standard InChI is InChI=1S/C42H43F2N3O7S/c1-6-52-37(48)15-12-26-10-8-11-27(20-26)42(5)18-9-17-41(3,4)23-35(40(49)53-7-2)55(50,51)25-31-29-16-19-45-34(29)22-33(44)38(31)54-28-13-14-32(43)30(21-28)39-46-24-36(42)47-39/h8,10-16,19-24,45H,6-7,9,17-18,25H2,1-5H3,(H,46,47)/b15-12+,35-23-. The van der Waals surface area contributed by atoms with E-state index in [4.69, 9.17) is 14.2 Å². The van der Waals surface area contributed by atoms with Gasteiger partial charge in [0, 0.05) is 52.1 Å². The molecule has 5 aromatic rings. The molecular weight excluding hydrogens is 729 g/mol. The Labute approximate surface area is 318 Å². The van der Waals surface area contributed by atoms with Crippen LogP contribution in [0, 0.1) is 17.0 Å². The molecule has 0 aliphatic carbocycles. The maximum absolute atomic E-state index is 15.9. The highest BCUT2D eigenvalue weighted by atomic mass is 32.2. The first-order chi connectivity index (χ1) is 26.1. The lowest BCUT2D eigenvalue weighted by Crippen LogP contribution is -2.26. The third kappa shape index (κ3) is 8.41. The van der Waals surface area contributed by atoms with E-state index in [1.54, 1.807) is 38.4 Å². The molecule has 0 radical (unpaired) electrons. The van der Waals surface area contributed by atoms with Gasteiger partial charge >= 0.3 is 11.9 Å². The number of H-pyrrole nitrogens is 2. The Bertz CT molecular complexity index is 2430. The number of carbonyl (C=O) groups is 2. The summed E-state index contributed by atoms with van der Waals surface area (Å²) in [6, 6.07) is 14.2. The fourth-order valence-electron chi connectivity index (χ4n) is 6.93. The Balaban J connectivity index is 1.53. The van der Waals surface area contributed by atoms with Gasteiger partial charge in [-0.2, -0.15) is 0 Å². The van der Waals surface area contributed by atoms with Crippen molar-refractivity contribution in [1.29, 1.82) is 0 Å². The minimum atomic E-state index is -4.48. The van der Waals surface area contributed by atoms with Crippen LogP contribution >= 0.6 is 0 Å². The van der Waals surface area contributed by atoms with Crippen molar-refractivity contribution in [2.75, 3.05) is 13.2 Å². The molecule has 3 heterocycles. The van der Waals surface area contributed by atoms with E-state index in [-0.39, 0.29) is 41.7 Å². The smallest absolute Gasteiger partial charge is 0.349 e. The van der Waals surface area contributed by atoms with Gasteiger partial charge < -0.3 is 24.2 Å². The molecule has 0 saturated heterocycles. The number of aromatic nitrogens is 3. The molecule has 288 valence electrons. The lowest BCUT2D eigenvalue weighted by atomic mass is 9.73. The molecule has 0 fully saturated rings. The normalized spacial score (nSPS) is 19.4. The first-order valence-corrected chi connectivity index (χ1v) is 19.7. The van der Waals surface area contributed by atoms with Crippen molar-refractivity contribution in [3.63, 3.8) is 0 Å². The lowest BCUT2D eigenvalue weighted by molar-refractivity contribution is -0.138. The summed E-state index contributed by atoms with van der Waals surface area (Å²) in [6.07, 6.45) is 9.14. The van der Waals surface area contributed by atoms with Crippen LogP contribution < -0.4 is 4.74 Å². The fourth-order valence-corrected chi connectivity index (χ4v) is 8.56. The second-order valence-corrected chi connectivity index (χ2v) is 16.3. The monoisotopic (exact) mass is 771 g/mol. The van der Waals surface area contributed by atoms with Crippen LogP contribution in [0.25, 0.3) is 28.4 Å². The van der Waals surface area contributed by atoms with Crippen LogP contribution in [0.3, 0.4) is 0 Å². The van der Waals surface area contributed by atoms with Crippen LogP contribution in [0.1, 0.15) is 76.3 Å². The Morgan fingerprint density at radius 2 is 1.76 bits per heavy atom. The van der Waals surface area contributed by atoms with E-state index >= 15 is 8.78 Å². The van der Waals surface area contributed by atoms with Crippen molar-refractivity contribution in [3.8, 4) is 22.9 Å². The topological polar surface area (TPSA) is 140 Å². The van der Waals surface area contributed by atoms with Gasteiger partial charge in [-0.25, -0.2) is 31.8 Å². The number of fused-ring (bicyclic) bond motifs is 8. The van der Waals surface area contributed by atoms with Crippen molar-refractivity contribution in [1.82, 2.24) is 15.0 Å². The van der Waals surface area contributed by atoms with Crippen molar-refractivity contribution in [2.24, 2.45) is 5.41 Å². The van der Waals surface area contributed by atoms with Crippen LogP contribution in [0.5, 0.6) is 11.5 Å². The predicted molar refractivity (Wildman–Crippen MR) is 206 cm³/mol. The summed E-state index contributed by atoms with van der Waals surface area (Å²) >= 11 is 0. The van der Waals surface area contributed by atoms with E-state index < -0.39 is 54.9 Å². The molecule has 6 rings (SSSR count). The van der Waals surface area contributed by atoms with E-state index in [9.17, 15) is 18.0 Å². The molecule has 1 aliphatic rings. The first-order valence-electron chi connectivity index (χ1n) is 18.0. The number of esters is 2. The van der Waals surface area contributed by atoms with Crippen molar-refractivity contribution >= 4 is 38.8 Å². The van der Waals surface area contributed by atoms with Gasteiger partial charge in [0.05, 0.1) is 24.5 Å². The number of nitrogens with zero attached hydrogens (tertiary/aromatic N) is 1. The maximum Gasteiger partial charge on any atom is 0.349 e. The van der Waals surface area contributed by atoms with Crippen molar-refractivity contribution < 1.29 is 41.0 Å². The number of imidazole rings is 1. The average molecular weight is 772 g/mol. The zero-order valence-electron chi connectivity index (χ0n) is 31.3. The number of carbonyl (C=O) groups excluding carboxylic acids is 2. The summed E-state index contributed by atoms with van der Waals surface area (Å²) < 4.78 is 76.5. The Morgan fingerprint density at radius 1 is 0.982 bits per heavy atom. The SMILES string of the molecule is CCOC(=O)/C=C/c1cccc(C2(C)CCCC(C)(C)/C=C(/C(=O)OCC)S(=O)(=O)Cc3c(c(F)cc4[nH]ccc34)Oc3ccc(F)c(c3)-c3ncc2[nH]3)c1. The summed E-state index contributed by atoms with van der Waals surface area (Å²) in [6.45, 7) is 9.19. The van der Waals surface area contributed by atoms with Gasteiger partial charge in [-0.15, -0.1) is 0 Å². The van der Waals surface area contributed by atoms with Gasteiger partial charge in [-0.1, -0.05) is 50.6 Å². The molecule has 10 nitrogen and oxygen atoms in total. The molecule has 1 unspecified atom stereocenters. The van der Waals surface area contributed by atoms with Gasteiger partial charge in [0.15, 0.2) is 21.4 Å². The minimum absolute atomic E-state index is 0.0216. The van der Waals surface area contributed by atoms with E-state index in [1.807, 2.05) is 45.0 Å². The molecule has 1 aliphatic heterocycles. The maximum atomic E-state index is 15.9. The highest BCUT2D eigenvalue weighted by Gasteiger charge is 2.35. The average Bonchev–Trinajstić information content (AvgIpc) is 3.83. The van der Waals surface area contributed by atoms with E-state index in [0.717, 1.165) is 17.2 Å². The number of hydrogen-bond acceptors (Lipinski definition) is 8. The van der Waals surface area contributed by atoms with Gasteiger partial charge in [0.25, 0.3) is 0 Å². The number of benzene rings is 3.